The number of benzene rings is 2. The van der Waals surface area contributed by atoms with Gasteiger partial charge in [0.15, 0.2) is 6.61 Å². The maximum atomic E-state index is 13.5. The third-order valence-corrected chi connectivity index (χ3v) is 6.60. The summed E-state index contributed by atoms with van der Waals surface area (Å²) < 4.78 is 24.0. The fraction of sp³-hybridized carbons (Fsp3) is 0.417. The molecule has 6 nitrogen and oxygen atoms in total. The van der Waals surface area contributed by atoms with Crippen LogP contribution in [0.3, 0.4) is 0 Å². The van der Waals surface area contributed by atoms with Gasteiger partial charge in [0, 0.05) is 31.2 Å². The van der Waals surface area contributed by atoms with Crippen LogP contribution in [0.1, 0.15) is 30.4 Å². The highest BCUT2D eigenvalue weighted by Gasteiger charge is 2.58. The summed E-state index contributed by atoms with van der Waals surface area (Å²) in [5, 5.41) is 6.04. The van der Waals surface area contributed by atoms with Crippen molar-refractivity contribution in [2.45, 2.75) is 38.0 Å². The van der Waals surface area contributed by atoms with E-state index in [2.05, 4.69) is 10.6 Å². The Hall–Kier alpha value is -2.64. The number of carbonyl (C=O) groups excluding carboxylic acids is 2. The molecule has 3 fully saturated rings. The molecule has 0 unspecified atom stereocenters. The Morgan fingerprint density at radius 2 is 1.84 bits per heavy atom. The van der Waals surface area contributed by atoms with Gasteiger partial charge in [0.2, 0.25) is 5.91 Å². The lowest BCUT2D eigenvalue weighted by atomic mass is 9.76. The number of carbonyl (C=O) groups is 2. The average Bonchev–Trinajstić information content (AvgIpc) is 3.30. The van der Waals surface area contributed by atoms with Gasteiger partial charge in [0.05, 0.1) is 11.6 Å². The Bertz CT molecular complexity index is 992. The van der Waals surface area contributed by atoms with E-state index in [1.165, 1.54) is 12.1 Å². The smallest absolute Gasteiger partial charge is 0.258 e. The zero-order valence-electron chi connectivity index (χ0n) is 17.8. The van der Waals surface area contributed by atoms with Gasteiger partial charge in [-0.3, -0.25) is 9.59 Å². The molecule has 2 aromatic rings. The molecule has 2 bridgehead atoms. The zero-order valence-corrected chi connectivity index (χ0v) is 18.6. The van der Waals surface area contributed by atoms with Gasteiger partial charge in [-0.15, -0.1) is 0 Å². The van der Waals surface area contributed by atoms with Crippen molar-refractivity contribution < 1.29 is 23.5 Å². The van der Waals surface area contributed by atoms with Gasteiger partial charge in [0.1, 0.15) is 11.6 Å². The quantitative estimate of drug-likeness (QED) is 0.599. The van der Waals surface area contributed by atoms with Crippen LogP contribution in [0, 0.1) is 17.7 Å². The summed E-state index contributed by atoms with van der Waals surface area (Å²) in [5.41, 5.74) is 1.77. The Morgan fingerprint density at radius 3 is 2.53 bits per heavy atom. The predicted molar refractivity (Wildman–Crippen MR) is 118 cm³/mol. The lowest BCUT2D eigenvalue weighted by Crippen LogP contribution is -2.53. The molecule has 3 saturated carbocycles. The zero-order chi connectivity index (χ0) is 22.7. The first-order valence-corrected chi connectivity index (χ1v) is 11.0. The molecule has 3 aliphatic rings. The number of methoxy groups -OCH3 is 1. The molecule has 0 saturated heterocycles. The summed E-state index contributed by atoms with van der Waals surface area (Å²) in [6.45, 7) is 0.815. The fourth-order valence-electron chi connectivity index (χ4n) is 4.73. The van der Waals surface area contributed by atoms with E-state index >= 15 is 0 Å². The Morgan fingerprint density at radius 1 is 1.12 bits per heavy atom. The molecule has 2 N–H and O–H groups in total. The van der Waals surface area contributed by atoms with Gasteiger partial charge in [-0.05, 0) is 48.4 Å². The van der Waals surface area contributed by atoms with E-state index in [9.17, 15) is 14.0 Å². The Labute approximate surface area is 191 Å². The van der Waals surface area contributed by atoms with E-state index in [1.54, 1.807) is 7.11 Å². The van der Waals surface area contributed by atoms with E-state index < -0.39 is 5.82 Å². The number of amides is 2. The predicted octanol–water partition coefficient (Wildman–Crippen LogP) is 3.61. The molecular formula is C24H26ClFN2O4. The van der Waals surface area contributed by atoms with Crippen molar-refractivity contribution in [2.75, 3.05) is 13.7 Å². The SMILES string of the molecule is COCc1ccc(CNC(=O)[C@@H]2CC3(NC(=O)COc4ccc(Cl)c(F)c4)CC2C3)cc1. The van der Waals surface area contributed by atoms with Crippen molar-refractivity contribution in [3.8, 4) is 5.75 Å². The van der Waals surface area contributed by atoms with Crippen LogP contribution in [0.5, 0.6) is 5.75 Å². The average molecular weight is 461 g/mol. The molecule has 0 spiro atoms. The first-order valence-electron chi connectivity index (χ1n) is 10.6. The lowest BCUT2D eigenvalue weighted by Gasteiger charge is -2.39. The normalized spacial score (nSPS) is 23.3. The van der Waals surface area contributed by atoms with Crippen molar-refractivity contribution in [2.24, 2.45) is 11.8 Å². The molecule has 0 radical (unpaired) electrons. The van der Waals surface area contributed by atoms with E-state index in [-0.39, 0.29) is 46.6 Å². The van der Waals surface area contributed by atoms with Crippen LogP contribution in [0.15, 0.2) is 42.5 Å². The molecule has 2 aromatic carbocycles. The molecule has 170 valence electrons. The minimum absolute atomic E-state index is 0.000387. The third kappa shape index (κ3) is 5.05. The third-order valence-electron chi connectivity index (χ3n) is 6.29. The Kier molecular flexibility index (Phi) is 6.67. The van der Waals surface area contributed by atoms with Crippen molar-refractivity contribution >= 4 is 23.4 Å². The van der Waals surface area contributed by atoms with Crippen molar-refractivity contribution in [3.05, 3.63) is 64.4 Å². The fourth-order valence-corrected chi connectivity index (χ4v) is 4.85. The standard InChI is InChI=1S/C24H26ClFN2O4/c1-31-13-16-4-2-15(3-5-16)12-27-23(30)19-11-24(9-17(19)10-24)28-22(29)14-32-18-6-7-20(25)21(26)8-18/h2-8,17,19H,9-14H2,1H3,(H,27,30)(H,28,29)/t17?,19-,24?/m1/s1. The lowest BCUT2D eigenvalue weighted by molar-refractivity contribution is -0.126. The molecular weight excluding hydrogens is 435 g/mol. The van der Waals surface area contributed by atoms with E-state index in [0.29, 0.717) is 19.6 Å². The van der Waals surface area contributed by atoms with Gasteiger partial charge in [-0.1, -0.05) is 35.9 Å². The van der Waals surface area contributed by atoms with Crippen LogP contribution in [-0.2, 0) is 27.5 Å². The van der Waals surface area contributed by atoms with Gasteiger partial charge in [-0.25, -0.2) is 4.39 Å². The summed E-state index contributed by atoms with van der Waals surface area (Å²) >= 11 is 5.65. The topological polar surface area (TPSA) is 76.7 Å². The van der Waals surface area contributed by atoms with Crippen molar-refractivity contribution in [1.82, 2.24) is 10.6 Å². The van der Waals surface area contributed by atoms with Gasteiger partial charge in [0.25, 0.3) is 5.91 Å². The molecule has 1 atom stereocenters. The molecule has 0 heterocycles. The molecule has 0 aromatic heterocycles. The highest BCUT2D eigenvalue weighted by molar-refractivity contribution is 6.30. The van der Waals surface area contributed by atoms with E-state index in [0.717, 1.165) is 30.0 Å². The summed E-state index contributed by atoms with van der Waals surface area (Å²) in [4.78, 5) is 25.1. The van der Waals surface area contributed by atoms with Gasteiger partial charge < -0.3 is 20.1 Å². The molecule has 3 aliphatic carbocycles. The Balaban J connectivity index is 1.23. The van der Waals surface area contributed by atoms with Crippen LogP contribution in [0.2, 0.25) is 5.02 Å². The molecule has 32 heavy (non-hydrogen) atoms. The maximum Gasteiger partial charge on any atom is 0.258 e. The second-order valence-electron chi connectivity index (χ2n) is 8.64. The minimum atomic E-state index is -0.597. The first kappa shape index (κ1) is 22.6. The number of hydrogen-bond acceptors (Lipinski definition) is 4. The van der Waals surface area contributed by atoms with Crippen LogP contribution in [-0.4, -0.2) is 31.1 Å². The van der Waals surface area contributed by atoms with Crippen LogP contribution >= 0.6 is 11.6 Å². The van der Waals surface area contributed by atoms with Crippen LogP contribution < -0.4 is 15.4 Å². The largest absolute Gasteiger partial charge is 0.484 e. The number of hydrogen-bond donors (Lipinski definition) is 2. The van der Waals surface area contributed by atoms with E-state index in [1.807, 2.05) is 24.3 Å². The first-order chi connectivity index (χ1) is 15.4. The highest BCUT2D eigenvalue weighted by atomic mass is 35.5. The van der Waals surface area contributed by atoms with Crippen LogP contribution in [0.4, 0.5) is 4.39 Å². The van der Waals surface area contributed by atoms with Gasteiger partial charge >= 0.3 is 0 Å². The molecule has 2 amide bonds. The summed E-state index contributed by atoms with van der Waals surface area (Å²) in [6, 6.07) is 12.0. The number of halogens is 2. The van der Waals surface area contributed by atoms with Crippen molar-refractivity contribution in [3.63, 3.8) is 0 Å². The summed E-state index contributed by atoms with van der Waals surface area (Å²) in [5.74, 6) is -0.431. The van der Waals surface area contributed by atoms with Gasteiger partial charge in [-0.2, -0.15) is 0 Å². The number of ether oxygens (including phenoxy) is 2. The molecule has 5 rings (SSSR count). The maximum absolute atomic E-state index is 13.5. The minimum Gasteiger partial charge on any atom is -0.484 e. The number of nitrogens with one attached hydrogen (secondary N) is 2. The second kappa shape index (κ2) is 9.46. The van der Waals surface area contributed by atoms with Crippen LogP contribution in [0.25, 0.3) is 0 Å². The second-order valence-corrected chi connectivity index (χ2v) is 9.05. The van der Waals surface area contributed by atoms with Crippen molar-refractivity contribution in [1.29, 1.82) is 0 Å². The number of fused-ring (bicyclic) bond motifs is 1. The number of rotatable bonds is 9. The molecule has 8 heteroatoms. The summed E-state index contributed by atoms with van der Waals surface area (Å²) in [7, 11) is 1.66. The highest BCUT2D eigenvalue weighted by Crippen LogP contribution is 2.55. The van der Waals surface area contributed by atoms with E-state index in [4.69, 9.17) is 21.1 Å². The summed E-state index contributed by atoms with van der Waals surface area (Å²) in [6.07, 6.45) is 2.20. The monoisotopic (exact) mass is 460 g/mol. The molecule has 0 aliphatic heterocycles.